The third kappa shape index (κ3) is 2.40. The van der Waals surface area contributed by atoms with Crippen LogP contribution in [-0.2, 0) is 14.3 Å². The molecule has 1 N–H and O–H groups in total. The van der Waals surface area contributed by atoms with Gasteiger partial charge in [-0.3, -0.25) is 0 Å². The van der Waals surface area contributed by atoms with E-state index in [0.29, 0.717) is 11.7 Å². The lowest BCUT2D eigenvalue weighted by molar-refractivity contribution is -0.148. The molecule has 2 atom stereocenters. The summed E-state index contributed by atoms with van der Waals surface area (Å²) in [5, 5.41) is 9.31. The number of aliphatic carboxylic acids is 1. The van der Waals surface area contributed by atoms with E-state index < -0.39 is 12.1 Å². The molecule has 2 unspecified atom stereocenters. The molecule has 0 amide bonds. The number of thioether (sulfide) groups is 1. The molecule has 2 aliphatic rings. The normalized spacial score (nSPS) is 32.9. The quantitative estimate of drug-likeness (QED) is 0.754. The Kier molecular flexibility index (Phi) is 3.30. The Hall–Kier alpha value is -0.260. The van der Waals surface area contributed by atoms with Crippen molar-refractivity contribution >= 4 is 17.7 Å². The topological polar surface area (TPSA) is 55.8 Å². The maximum atomic E-state index is 10.6. The monoisotopic (exact) mass is 218 g/mol. The van der Waals surface area contributed by atoms with E-state index in [1.807, 2.05) is 11.8 Å². The van der Waals surface area contributed by atoms with E-state index in [4.69, 9.17) is 14.6 Å². The first kappa shape index (κ1) is 10.3. The molecule has 4 nitrogen and oxygen atoms in total. The van der Waals surface area contributed by atoms with Gasteiger partial charge < -0.3 is 14.6 Å². The molecule has 5 heteroatoms. The number of carbonyl (C=O) groups is 1. The number of hydrogen-bond acceptors (Lipinski definition) is 4. The summed E-state index contributed by atoms with van der Waals surface area (Å²) in [7, 11) is 0. The predicted octanol–water partition coefficient (Wildman–Crippen LogP) is 0.751. The van der Waals surface area contributed by atoms with E-state index in [2.05, 4.69) is 0 Å². The molecule has 0 aromatic heterocycles. The molecule has 0 aromatic carbocycles. The van der Waals surface area contributed by atoms with Crippen LogP contribution in [0, 0.1) is 0 Å². The molecule has 2 heterocycles. The smallest absolute Gasteiger partial charge is 0.332 e. The van der Waals surface area contributed by atoms with E-state index >= 15 is 0 Å². The Balaban J connectivity index is 1.65. The molecule has 0 radical (unpaired) electrons. The standard InChI is InChI=1S/C9H14O4S/c10-9(11)8-2-1-6(13-8)5-14-7-3-12-4-7/h6-8H,1-5H2,(H,10,11). The predicted molar refractivity (Wildman–Crippen MR) is 52.6 cm³/mol. The first-order valence-corrected chi connectivity index (χ1v) is 5.88. The van der Waals surface area contributed by atoms with Gasteiger partial charge in [0.15, 0.2) is 6.10 Å². The van der Waals surface area contributed by atoms with E-state index in [-0.39, 0.29) is 6.10 Å². The summed E-state index contributed by atoms with van der Waals surface area (Å²) in [6, 6.07) is 0. The molecule has 0 bridgehead atoms. The molecule has 2 rings (SSSR count). The Bertz CT molecular complexity index is 217. The summed E-state index contributed by atoms with van der Waals surface area (Å²) in [6.07, 6.45) is 1.08. The molecule has 0 spiro atoms. The minimum absolute atomic E-state index is 0.127. The molecule has 0 aliphatic carbocycles. The molecule has 14 heavy (non-hydrogen) atoms. The molecular weight excluding hydrogens is 204 g/mol. The van der Waals surface area contributed by atoms with Crippen LogP contribution in [0.4, 0.5) is 0 Å². The fourth-order valence-corrected chi connectivity index (χ4v) is 2.68. The fraction of sp³-hybridized carbons (Fsp3) is 0.889. The van der Waals surface area contributed by atoms with Crippen LogP contribution < -0.4 is 0 Å². The second kappa shape index (κ2) is 4.51. The number of carboxylic acids is 1. The van der Waals surface area contributed by atoms with E-state index in [0.717, 1.165) is 25.4 Å². The van der Waals surface area contributed by atoms with Crippen molar-refractivity contribution in [3.63, 3.8) is 0 Å². The molecule has 2 saturated heterocycles. The summed E-state index contributed by atoms with van der Waals surface area (Å²) in [5.41, 5.74) is 0. The Labute approximate surface area is 87.0 Å². The van der Waals surface area contributed by atoms with Crippen LogP contribution in [0.3, 0.4) is 0 Å². The van der Waals surface area contributed by atoms with Crippen LogP contribution in [0.25, 0.3) is 0 Å². The molecule has 2 aliphatic heterocycles. The Morgan fingerprint density at radius 2 is 2.21 bits per heavy atom. The number of carboxylic acid groups (broad SMARTS) is 1. The minimum atomic E-state index is -0.829. The van der Waals surface area contributed by atoms with Gasteiger partial charge in [0.25, 0.3) is 0 Å². The van der Waals surface area contributed by atoms with Crippen molar-refractivity contribution in [2.24, 2.45) is 0 Å². The zero-order chi connectivity index (χ0) is 9.97. The van der Waals surface area contributed by atoms with E-state index in [9.17, 15) is 4.79 Å². The highest BCUT2D eigenvalue weighted by Crippen LogP contribution is 2.26. The lowest BCUT2D eigenvalue weighted by Gasteiger charge is -2.26. The zero-order valence-corrected chi connectivity index (χ0v) is 8.66. The maximum Gasteiger partial charge on any atom is 0.332 e. The summed E-state index contributed by atoms with van der Waals surface area (Å²) in [4.78, 5) is 10.6. The fourth-order valence-electron chi connectivity index (χ4n) is 1.56. The maximum absolute atomic E-state index is 10.6. The lowest BCUT2D eigenvalue weighted by atomic mass is 10.2. The van der Waals surface area contributed by atoms with Gasteiger partial charge in [0.05, 0.1) is 24.6 Å². The Morgan fingerprint density at radius 1 is 1.43 bits per heavy atom. The van der Waals surface area contributed by atoms with Crippen molar-refractivity contribution in [3.05, 3.63) is 0 Å². The van der Waals surface area contributed by atoms with Gasteiger partial charge in [-0.05, 0) is 12.8 Å². The largest absolute Gasteiger partial charge is 0.479 e. The first-order chi connectivity index (χ1) is 6.75. The van der Waals surface area contributed by atoms with E-state index in [1.54, 1.807) is 0 Å². The average molecular weight is 218 g/mol. The lowest BCUT2D eigenvalue weighted by Crippen LogP contribution is -2.32. The van der Waals surface area contributed by atoms with Crippen LogP contribution in [0.1, 0.15) is 12.8 Å². The highest BCUT2D eigenvalue weighted by atomic mass is 32.2. The zero-order valence-electron chi connectivity index (χ0n) is 7.85. The highest BCUT2D eigenvalue weighted by molar-refractivity contribution is 8.00. The minimum Gasteiger partial charge on any atom is -0.479 e. The van der Waals surface area contributed by atoms with Gasteiger partial charge in [0.1, 0.15) is 0 Å². The number of rotatable bonds is 4. The molecule has 0 saturated carbocycles. The molecule has 80 valence electrons. The molecule has 2 fully saturated rings. The third-order valence-electron chi connectivity index (χ3n) is 2.51. The average Bonchev–Trinajstić information content (AvgIpc) is 2.50. The van der Waals surface area contributed by atoms with Gasteiger partial charge >= 0.3 is 5.97 Å². The Morgan fingerprint density at radius 3 is 2.71 bits per heavy atom. The van der Waals surface area contributed by atoms with Crippen molar-refractivity contribution in [3.8, 4) is 0 Å². The number of ether oxygens (including phenoxy) is 2. The van der Waals surface area contributed by atoms with Crippen LogP contribution in [0.15, 0.2) is 0 Å². The van der Waals surface area contributed by atoms with Gasteiger partial charge in [-0.2, -0.15) is 11.8 Å². The van der Waals surface area contributed by atoms with Gasteiger partial charge in [-0.25, -0.2) is 4.79 Å². The highest BCUT2D eigenvalue weighted by Gasteiger charge is 2.31. The van der Waals surface area contributed by atoms with Crippen LogP contribution >= 0.6 is 11.8 Å². The summed E-state index contributed by atoms with van der Waals surface area (Å²) < 4.78 is 10.4. The summed E-state index contributed by atoms with van der Waals surface area (Å²) in [5.74, 6) is 0.0714. The van der Waals surface area contributed by atoms with Gasteiger partial charge in [-0.15, -0.1) is 0 Å². The van der Waals surface area contributed by atoms with Crippen molar-refractivity contribution < 1.29 is 19.4 Å². The second-order valence-corrected chi connectivity index (χ2v) is 4.99. The SMILES string of the molecule is O=C(O)C1CCC(CSC2COC2)O1. The molecule has 0 aromatic rings. The van der Waals surface area contributed by atoms with Gasteiger partial charge in [0.2, 0.25) is 0 Å². The third-order valence-corrected chi connectivity index (χ3v) is 3.82. The van der Waals surface area contributed by atoms with Crippen LogP contribution in [-0.4, -0.2) is 47.5 Å². The van der Waals surface area contributed by atoms with Crippen molar-refractivity contribution in [1.29, 1.82) is 0 Å². The van der Waals surface area contributed by atoms with Crippen LogP contribution in [0.5, 0.6) is 0 Å². The second-order valence-electron chi connectivity index (χ2n) is 3.66. The summed E-state index contributed by atoms with van der Waals surface area (Å²) >= 11 is 1.83. The van der Waals surface area contributed by atoms with Crippen molar-refractivity contribution in [2.75, 3.05) is 19.0 Å². The summed E-state index contributed by atoms with van der Waals surface area (Å²) in [6.45, 7) is 1.67. The molecular formula is C9H14O4S. The van der Waals surface area contributed by atoms with Gasteiger partial charge in [0, 0.05) is 5.75 Å². The van der Waals surface area contributed by atoms with Crippen molar-refractivity contribution in [1.82, 2.24) is 0 Å². The number of hydrogen-bond donors (Lipinski definition) is 1. The first-order valence-electron chi connectivity index (χ1n) is 4.83. The van der Waals surface area contributed by atoms with Gasteiger partial charge in [-0.1, -0.05) is 0 Å². The van der Waals surface area contributed by atoms with Crippen molar-refractivity contribution in [2.45, 2.75) is 30.3 Å². The van der Waals surface area contributed by atoms with E-state index in [1.165, 1.54) is 0 Å². The van der Waals surface area contributed by atoms with Crippen LogP contribution in [0.2, 0.25) is 0 Å².